The molecule has 3 heterocycles. The van der Waals surface area contributed by atoms with Gasteiger partial charge in [-0.3, -0.25) is 9.59 Å². The molecule has 3 aromatic heterocycles. The van der Waals surface area contributed by atoms with Crippen molar-refractivity contribution in [3.05, 3.63) is 62.4 Å². The molecule has 0 aliphatic carbocycles. The van der Waals surface area contributed by atoms with Gasteiger partial charge in [-0.2, -0.15) is 5.10 Å². The van der Waals surface area contributed by atoms with Crippen LogP contribution in [0.5, 0.6) is 0 Å². The van der Waals surface area contributed by atoms with E-state index in [0.717, 1.165) is 15.4 Å². The molecule has 0 spiro atoms. The van der Waals surface area contributed by atoms with Crippen molar-refractivity contribution >= 4 is 28.6 Å². The molecule has 0 aliphatic rings. The second-order valence-corrected chi connectivity index (χ2v) is 7.20. The summed E-state index contributed by atoms with van der Waals surface area (Å²) < 4.78 is 1.46. The Morgan fingerprint density at radius 3 is 2.71 bits per heavy atom. The number of nitrogens with zero attached hydrogens (tertiary/aromatic N) is 2. The van der Waals surface area contributed by atoms with Crippen molar-refractivity contribution in [3.8, 4) is 10.6 Å². The van der Waals surface area contributed by atoms with Crippen LogP contribution in [0, 0.1) is 0 Å². The first-order valence-corrected chi connectivity index (χ1v) is 9.39. The predicted molar refractivity (Wildman–Crippen MR) is 97.5 cm³/mol. The van der Waals surface area contributed by atoms with Crippen LogP contribution in [0.25, 0.3) is 10.6 Å². The maximum Gasteiger partial charge on any atom is 0.266 e. The zero-order valence-corrected chi connectivity index (χ0v) is 14.6. The Kier molecular flexibility index (Phi) is 5.55. The standard InChI is InChI=1S/C17H17N3O2S2/c21-16(12-13-4-1-10-23-13)18-8-3-9-20-17(22)7-6-14(19-20)15-5-2-11-24-15/h1-2,4-7,10-11H,3,8-9,12H2,(H,18,21). The Morgan fingerprint density at radius 2 is 1.96 bits per heavy atom. The van der Waals surface area contributed by atoms with Gasteiger partial charge in [-0.25, -0.2) is 4.68 Å². The van der Waals surface area contributed by atoms with Crippen molar-refractivity contribution in [3.63, 3.8) is 0 Å². The van der Waals surface area contributed by atoms with E-state index in [1.54, 1.807) is 28.7 Å². The summed E-state index contributed by atoms with van der Waals surface area (Å²) in [5, 5.41) is 11.2. The molecule has 0 saturated carbocycles. The summed E-state index contributed by atoms with van der Waals surface area (Å²) in [6.45, 7) is 1.01. The first kappa shape index (κ1) is 16.6. The number of aromatic nitrogens is 2. The number of amides is 1. The fourth-order valence-corrected chi connectivity index (χ4v) is 3.65. The molecule has 24 heavy (non-hydrogen) atoms. The molecule has 0 fully saturated rings. The van der Waals surface area contributed by atoms with Gasteiger partial charge in [0.05, 0.1) is 11.3 Å². The molecule has 7 heteroatoms. The number of hydrogen-bond donors (Lipinski definition) is 1. The van der Waals surface area contributed by atoms with Crippen molar-refractivity contribution in [2.45, 2.75) is 19.4 Å². The highest BCUT2D eigenvalue weighted by molar-refractivity contribution is 7.13. The van der Waals surface area contributed by atoms with Crippen LogP contribution < -0.4 is 10.9 Å². The van der Waals surface area contributed by atoms with Gasteiger partial charge >= 0.3 is 0 Å². The van der Waals surface area contributed by atoms with Crippen molar-refractivity contribution in [1.82, 2.24) is 15.1 Å². The van der Waals surface area contributed by atoms with Crippen molar-refractivity contribution in [2.24, 2.45) is 0 Å². The van der Waals surface area contributed by atoms with E-state index >= 15 is 0 Å². The first-order chi connectivity index (χ1) is 11.7. The zero-order valence-electron chi connectivity index (χ0n) is 13.0. The van der Waals surface area contributed by atoms with Crippen molar-refractivity contribution < 1.29 is 4.79 Å². The van der Waals surface area contributed by atoms with Gasteiger partial charge < -0.3 is 5.32 Å². The monoisotopic (exact) mass is 359 g/mol. The lowest BCUT2D eigenvalue weighted by molar-refractivity contribution is -0.120. The Balaban J connectivity index is 1.50. The molecule has 0 atom stereocenters. The lowest BCUT2D eigenvalue weighted by Gasteiger charge is -2.07. The average Bonchev–Trinajstić information content (AvgIpc) is 3.26. The van der Waals surface area contributed by atoms with Crippen LogP contribution in [0.2, 0.25) is 0 Å². The van der Waals surface area contributed by atoms with E-state index in [1.165, 1.54) is 10.7 Å². The Labute approximate surface area is 147 Å². The summed E-state index contributed by atoms with van der Waals surface area (Å²) in [6, 6.07) is 11.1. The predicted octanol–water partition coefficient (Wildman–Crippen LogP) is 2.78. The number of aryl methyl sites for hydroxylation is 1. The van der Waals surface area contributed by atoms with Crippen LogP contribution in [0.15, 0.2) is 52.0 Å². The van der Waals surface area contributed by atoms with E-state index in [4.69, 9.17) is 0 Å². The molecular formula is C17H17N3O2S2. The van der Waals surface area contributed by atoms with Crippen LogP contribution in [-0.2, 0) is 17.8 Å². The molecule has 1 amide bonds. The molecule has 0 radical (unpaired) electrons. The van der Waals surface area contributed by atoms with Gasteiger partial charge in [0.15, 0.2) is 0 Å². The number of carbonyl (C=O) groups excluding carboxylic acids is 1. The fourth-order valence-electron chi connectivity index (χ4n) is 2.26. The van der Waals surface area contributed by atoms with Crippen LogP contribution in [-0.4, -0.2) is 22.2 Å². The van der Waals surface area contributed by atoms with Gasteiger partial charge in [0.2, 0.25) is 5.91 Å². The Hall–Kier alpha value is -2.25. The first-order valence-electron chi connectivity index (χ1n) is 7.63. The topological polar surface area (TPSA) is 64.0 Å². The maximum atomic E-state index is 11.9. The normalized spacial score (nSPS) is 10.7. The third-order valence-electron chi connectivity index (χ3n) is 3.42. The van der Waals surface area contributed by atoms with E-state index in [-0.39, 0.29) is 11.5 Å². The van der Waals surface area contributed by atoms with Crippen LogP contribution in [0.4, 0.5) is 0 Å². The quantitative estimate of drug-likeness (QED) is 0.660. The van der Waals surface area contributed by atoms with Crippen LogP contribution in [0.1, 0.15) is 11.3 Å². The molecule has 5 nitrogen and oxygen atoms in total. The molecule has 3 aromatic rings. The number of carbonyl (C=O) groups is 1. The van der Waals surface area contributed by atoms with Gasteiger partial charge in [0.25, 0.3) is 5.56 Å². The minimum atomic E-state index is -0.125. The molecule has 0 unspecified atom stereocenters. The lowest BCUT2D eigenvalue weighted by Crippen LogP contribution is -2.28. The number of rotatable bonds is 7. The molecule has 0 saturated heterocycles. The van der Waals surface area contributed by atoms with E-state index < -0.39 is 0 Å². The third-order valence-corrected chi connectivity index (χ3v) is 5.19. The molecular weight excluding hydrogens is 342 g/mol. The molecule has 0 bridgehead atoms. The Bertz CT molecular complexity index is 839. The maximum absolute atomic E-state index is 11.9. The van der Waals surface area contributed by atoms with Gasteiger partial charge in [-0.05, 0) is 35.4 Å². The minimum Gasteiger partial charge on any atom is -0.356 e. The second-order valence-electron chi connectivity index (χ2n) is 5.22. The summed E-state index contributed by atoms with van der Waals surface area (Å²) in [7, 11) is 0. The van der Waals surface area contributed by atoms with Crippen LogP contribution >= 0.6 is 22.7 Å². The lowest BCUT2D eigenvalue weighted by atomic mass is 10.3. The fraction of sp³-hybridized carbons (Fsp3) is 0.235. The summed E-state index contributed by atoms with van der Waals surface area (Å²) >= 11 is 3.16. The molecule has 1 N–H and O–H groups in total. The number of nitrogens with one attached hydrogen (secondary N) is 1. The molecule has 0 aliphatic heterocycles. The zero-order chi connectivity index (χ0) is 16.8. The summed E-state index contributed by atoms with van der Waals surface area (Å²) in [6.07, 6.45) is 1.07. The summed E-state index contributed by atoms with van der Waals surface area (Å²) in [4.78, 5) is 25.8. The number of hydrogen-bond acceptors (Lipinski definition) is 5. The Morgan fingerprint density at radius 1 is 1.12 bits per heavy atom. The van der Waals surface area contributed by atoms with Gasteiger partial charge in [0.1, 0.15) is 5.69 Å². The van der Waals surface area contributed by atoms with E-state index in [2.05, 4.69) is 10.4 Å². The third kappa shape index (κ3) is 4.39. The second kappa shape index (κ2) is 8.03. The van der Waals surface area contributed by atoms with E-state index in [1.807, 2.05) is 35.0 Å². The van der Waals surface area contributed by atoms with Gasteiger partial charge in [-0.15, -0.1) is 22.7 Å². The molecule has 0 aromatic carbocycles. The average molecular weight is 359 g/mol. The van der Waals surface area contributed by atoms with Crippen molar-refractivity contribution in [1.29, 1.82) is 0 Å². The SMILES string of the molecule is O=C(Cc1cccs1)NCCCn1nc(-c2cccs2)ccc1=O. The van der Waals surface area contributed by atoms with Gasteiger partial charge in [0, 0.05) is 24.0 Å². The summed E-state index contributed by atoms with van der Waals surface area (Å²) in [5.41, 5.74) is 0.673. The highest BCUT2D eigenvalue weighted by atomic mass is 32.1. The minimum absolute atomic E-state index is 0.00472. The smallest absolute Gasteiger partial charge is 0.266 e. The van der Waals surface area contributed by atoms with Crippen molar-refractivity contribution in [2.75, 3.05) is 6.54 Å². The molecule has 3 rings (SSSR count). The van der Waals surface area contributed by atoms with Gasteiger partial charge in [-0.1, -0.05) is 12.1 Å². The largest absolute Gasteiger partial charge is 0.356 e. The van der Waals surface area contributed by atoms with Crippen LogP contribution in [0.3, 0.4) is 0 Å². The molecule has 124 valence electrons. The highest BCUT2D eigenvalue weighted by Gasteiger charge is 2.06. The number of thiophene rings is 2. The summed E-state index contributed by atoms with van der Waals surface area (Å²) in [5.74, 6) is 0.00472. The van der Waals surface area contributed by atoms with E-state index in [9.17, 15) is 9.59 Å². The highest BCUT2D eigenvalue weighted by Crippen LogP contribution is 2.21. The van der Waals surface area contributed by atoms with E-state index in [0.29, 0.717) is 25.9 Å².